The smallest absolute Gasteiger partial charge is 0.171 e. The predicted molar refractivity (Wildman–Crippen MR) is 52.4 cm³/mol. The molecular formula is C10H4ClF3N2. The Balaban J connectivity index is 2.68. The van der Waals surface area contributed by atoms with Gasteiger partial charge in [0.2, 0.25) is 0 Å². The molecule has 0 aliphatic rings. The number of benzene rings is 1. The van der Waals surface area contributed by atoms with Crippen LogP contribution < -0.4 is 0 Å². The fourth-order valence-corrected chi connectivity index (χ4v) is 1.38. The molecule has 1 heterocycles. The molecule has 82 valence electrons. The first-order chi connectivity index (χ1) is 7.59. The first-order valence-electron chi connectivity index (χ1n) is 4.21. The van der Waals surface area contributed by atoms with Crippen LogP contribution in [0, 0.1) is 17.5 Å². The zero-order valence-corrected chi connectivity index (χ0v) is 8.47. The average Bonchev–Trinajstić information content (AvgIpc) is 2.24. The Morgan fingerprint density at radius 1 is 1.00 bits per heavy atom. The highest BCUT2D eigenvalue weighted by molar-refractivity contribution is 6.29. The highest BCUT2D eigenvalue weighted by Crippen LogP contribution is 2.26. The van der Waals surface area contributed by atoms with Crippen LogP contribution in [0.5, 0.6) is 0 Å². The summed E-state index contributed by atoms with van der Waals surface area (Å²) in [7, 11) is 0. The van der Waals surface area contributed by atoms with Gasteiger partial charge in [-0.25, -0.2) is 23.1 Å². The molecule has 0 atom stereocenters. The lowest BCUT2D eigenvalue weighted by Crippen LogP contribution is -1.96. The molecule has 0 saturated carbocycles. The minimum atomic E-state index is -1.30. The van der Waals surface area contributed by atoms with Crippen molar-refractivity contribution in [3.63, 3.8) is 0 Å². The molecule has 0 bridgehead atoms. The minimum Gasteiger partial charge on any atom is -0.236 e. The Morgan fingerprint density at radius 3 is 2.38 bits per heavy atom. The number of hydrogen-bond acceptors (Lipinski definition) is 2. The van der Waals surface area contributed by atoms with Gasteiger partial charge in [0.05, 0.1) is 11.3 Å². The van der Waals surface area contributed by atoms with Crippen LogP contribution in [0.4, 0.5) is 13.2 Å². The molecule has 2 nitrogen and oxygen atoms in total. The molecule has 0 aliphatic carbocycles. The molecule has 6 heteroatoms. The van der Waals surface area contributed by atoms with E-state index >= 15 is 0 Å². The first-order valence-corrected chi connectivity index (χ1v) is 4.59. The lowest BCUT2D eigenvalue weighted by molar-refractivity contribution is 0.498. The van der Waals surface area contributed by atoms with Crippen molar-refractivity contribution in [2.24, 2.45) is 0 Å². The van der Waals surface area contributed by atoms with Gasteiger partial charge in [0, 0.05) is 6.07 Å². The third-order valence-electron chi connectivity index (χ3n) is 1.93. The van der Waals surface area contributed by atoms with Crippen molar-refractivity contribution in [3.05, 3.63) is 47.1 Å². The molecule has 16 heavy (non-hydrogen) atoms. The van der Waals surface area contributed by atoms with Gasteiger partial charge in [0.15, 0.2) is 11.6 Å². The predicted octanol–water partition coefficient (Wildman–Crippen LogP) is 3.21. The van der Waals surface area contributed by atoms with Crippen LogP contribution in [0.2, 0.25) is 5.15 Å². The number of hydrogen-bond donors (Lipinski definition) is 0. The molecular weight excluding hydrogens is 241 g/mol. The van der Waals surface area contributed by atoms with E-state index in [1.54, 1.807) is 0 Å². The Morgan fingerprint density at radius 2 is 1.69 bits per heavy atom. The van der Waals surface area contributed by atoms with Gasteiger partial charge < -0.3 is 0 Å². The molecule has 0 unspecified atom stereocenters. The average molecular weight is 245 g/mol. The third-order valence-corrected chi connectivity index (χ3v) is 2.14. The number of nitrogens with zero attached hydrogens (tertiary/aromatic N) is 2. The molecule has 1 aromatic heterocycles. The van der Waals surface area contributed by atoms with E-state index in [1.165, 1.54) is 0 Å². The molecule has 0 radical (unpaired) electrons. The third kappa shape index (κ3) is 1.86. The van der Waals surface area contributed by atoms with Gasteiger partial charge in [-0.3, -0.25) is 0 Å². The quantitative estimate of drug-likeness (QED) is 0.569. The summed E-state index contributed by atoms with van der Waals surface area (Å²) in [5.41, 5.74) is -0.654. The van der Waals surface area contributed by atoms with Gasteiger partial charge >= 0.3 is 0 Å². The van der Waals surface area contributed by atoms with E-state index in [1.807, 2.05) is 0 Å². The van der Waals surface area contributed by atoms with Crippen LogP contribution in [0.15, 0.2) is 24.5 Å². The fraction of sp³-hybridized carbons (Fsp3) is 0. The van der Waals surface area contributed by atoms with Crippen LogP contribution in [0.25, 0.3) is 11.3 Å². The van der Waals surface area contributed by atoms with Crippen molar-refractivity contribution in [2.75, 3.05) is 0 Å². The Kier molecular flexibility index (Phi) is 2.78. The van der Waals surface area contributed by atoms with Crippen molar-refractivity contribution in [1.82, 2.24) is 9.97 Å². The van der Waals surface area contributed by atoms with Gasteiger partial charge in [0.1, 0.15) is 17.3 Å². The van der Waals surface area contributed by atoms with E-state index < -0.39 is 23.0 Å². The zero-order chi connectivity index (χ0) is 11.7. The second kappa shape index (κ2) is 4.09. The van der Waals surface area contributed by atoms with E-state index in [0.29, 0.717) is 6.07 Å². The zero-order valence-electron chi connectivity index (χ0n) is 7.72. The molecule has 0 saturated heterocycles. The summed E-state index contributed by atoms with van der Waals surface area (Å²) >= 11 is 5.55. The van der Waals surface area contributed by atoms with Gasteiger partial charge in [-0.15, -0.1) is 0 Å². The second-order valence-corrected chi connectivity index (χ2v) is 3.33. The molecule has 0 fully saturated rings. The first kappa shape index (κ1) is 10.9. The topological polar surface area (TPSA) is 25.8 Å². The van der Waals surface area contributed by atoms with Crippen molar-refractivity contribution >= 4 is 11.6 Å². The molecule has 0 amide bonds. The summed E-state index contributed by atoms with van der Waals surface area (Å²) in [6.45, 7) is 0. The molecule has 1 aromatic carbocycles. The minimum absolute atomic E-state index is 0.0214. The summed E-state index contributed by atoms with van der Waals surface area (Å²) in [5.74, 6) is -3.35. The second-order valence-electron chi connectivity index (χ2n) is 2.94. The fourth-order valence-electron chi connectivity index (χ4n) is 1.23. The molecule has 2 aromatic rings. The summed E-state index contributed by atoms with van der Waals surface area (Å²) in [6, 6.07) is 2.68. The maximum absolute atomic E-state index is 13.4. The van der Waals surface area contributed by atoms with Crippen molar-refractivity contribution in [1.29, 1.82) is 0 Å². The van der Waals surface area contributed by atoms with E-state index in [9.17, 15) is 13.2 Å². The molecule has 0 aliphatic heterocycles. The lowest BCUT2D eigenvalue weighted by atomic mass is 10.1. The maximum atomic E-state index is 13.4. The summed E-state index contributed by atoms with van der Waals surface area (Å²) in [5, 5.41) is 0.0214. The van der Waals surface area contributed by atoms with Crippen LogP contribution in [-0.2, 0) is 0 Å². The molecule has 0 spiro atoms. The molecule has 0 N–H and O–H groups in total. The van der Waals surface area contributed by atoms with Crippen LogP contribution in [0.3, 0.4) is 0 Å². The van der Waals surface area contributed by atoms with Crippen molar-refractivity contribution in [3.8, 4) is 11.3 Å². The number of rotatable bonds is 1. The largest absolute Gasteiger partial charge is 0.236 e. The Bertz CT molecular complexity index is 546. The summed E-state index contributed by atoms with van der Waals surface area (Å²) < 4.78 is 39.6. The van der Waals surface area contributed by atoms with E-state index in [4.69, 9.17) is 11.6 Å². The van der Waals surface area contributed by atoms with Gasteiger partial charge in [-0.1, -0.05) is 11.6 Å². The highest BCUT2D eigenvalue weighted by atomic mass is 35.5. The van der Waals surface area contributed by atoms with Crippen LogP contribution in [0.1, 0.15) is 0 Å². The monoisotopic (exact) mass is 244 g/mol. The van der Waals surface area contributed by atoms with Gasteiger partial charge in [-0.2, -0.15) is 0 Å². The molecule has 2 rings (SSSR count). The maximum Gasteiger partial charge on any atom is 0.171 e. The highest BCUT2D eigenvalue weighted by Gasteiger charge is 2.16. The normalized spacial score (nSPS) is 10.5. The summed E-state index contributed by atoms with van der Waals surface area (Å²) in [4.78, 5) is 7.19. The van der Waals surface area contributed by atoms with Crippen LogP contribution >= 0.6 is 11.6 Å². The Hall–Kier alpha value is -1.62. The SMILES string of the molecule is Fc1ccc(F)c(-c2cc(Cl)ncn2)c1F. The number of aromatic nitrogens is 2. The van der Waals surface area contributed by atoms with Gasteiger partial charge in [0.25, 0.3) is 0 Å². The summed E-state index contributed by atoms with van der Waals surface area (Å²) in [6.07, 6.45) is 1.04. The van der Waals surface area contributed by atoms with Crippen LogP contribution in [-0.4, -0.2) is 9.97 Å². The van der Waals surface area contributed by atoms with Crippen molar-refractivity contribution in [2.45, 2.75) is 0 Å². The Labute approximate surface area is 93.7 Å². The number of halogens is 4. The standard InChI is InChI=1S/C10H4ClF3N2/c11-8-3-7(15-4-16-8)9-5(12)1-2-6(13)10(9)14/h1-4H. The van der Waals surface area contributed by atoms with E-state index in [2.05, 4.69) is 9.97 Å². The van der Waals surface area contributed by atoms with Crippen molar-refractivity contribution < 1.29 is 13.2 Å². The lowest BCUT2D eigenvalue weighted by Gasteiger charge is -2.04. The van der Waals surface area contributed by atoms with E-state index in [-0.39, 0.29) is 10.8 Å². The van der Waals surface area contributed by atoms with Gasteiger partial charge in [-0.05, 0) is 12.1 Å². The van der Waals surface area contributed by atoms with E-state index in [0.717, 1.165) is 18.5 Å².